The lowest BCUT2D eigenvalue weighted by Crippen LogP contribution is -2.15. The zero-order chi connectivity index (χ0) is 17.8. The fourth-order valence-electron chi connectivity index (χ4n) is 2.36. The van der Waals surface area contributed by atoms with Crippen molar-refractivity contribution in [3.8, 4) is 0 Å². The van der Waals surface area contributed by atoms with Gasteiger partial charge in [0.25, 0.3) is 5.91 Å². The predicted molar refractivity (Wildman–Crippen MR) is 103 cm³/mol. The second-order valence-corrected chi connectivity index (χ2v) is 6.51. The van der Waals surface area contributed by atoms with Crippen molar-refractivity contribution in [1.82, 2.24) is 9.97 Å². The molecule has 0 atom stereocenters. The summed E-state index contributed by atoms with van der Waals surface area (Å²) in [6, 6.07) is 17.0. The van der Waals surface area contributed by atoms with Crippen molar-refractivity contribution < 1.29 is 4.79 Å². The van der Waals surface area contributed by atoms with Gasteiger partial charge in [-0.05, 0) is 43.7 Å². The van der Waals surface area contributed by atoms with E-state index in [9.17, 15) is 4.79 Å². The highest BCUT2D eigenvalue weighted by Gasteiger charge is 2.12. The van der Waals surface area contributed by atoms with E-state index in [4.69, 9.17) is 0 Å². The van der Waals surface area contributed by atoms with Crippen LogP contribution in [0.4, 0.5) is 17.2 Å². The Morgan fingerprint density at radius 2 is 1.80 bits per heavy atom. The van der Waals surface area contributed by atoms with Crippen LogP contribution in [0.1, 0.15) is 21.9 Å². The summed E-state index contributed by atoms with van der Waals surface area (Å²) < 4.78 is 0.895. The lowest BCUT2D eigenvalue weighted by Gasteiger charge is -2.11. The highest BCUT2D eigenvalue weighted by atomic mass is 79.9. The third kappa shape index (κ3) is 4.42. The number of benzene rings is 2. The summed E-state index contributed by atoms with van der Waals surface area (Å²) in [5, 5.41) is 6.08. The molecule has 0 aliphatic rings. The van der Waals surface area contributed by atoms with Crippen molar-refractivity contribution in [3.05, 3.63) is 76.2 Å². The number of nitrogens with zero attached hydrogens (tertiary/aromatic N) is 2. The van der Waals surface area contributed by atoms with Crippen LogP contribution in [0.2, 0.25) is 0 Å². The number of amides is 1. The molecule has 0 unspecified atom stereocenters. The summed E-state index contributed by atoms with van der Waals surface area (Å²) in [7, 11) is 0. The van der Waals surface area contributed by atoms with Gasteiger partial charge in [-0.25, -0.2) is 9.97 Å². The first-order valence-corrected chi connectivity index (χ1v) is 8.56. The molecule has 1 heterocycles. The summed E-state index contributed by atoms with van der Waals surface area (Å²) in [4.78, 5) is 21.1. The van der Waals surface area contributed by atoms with Crippen molar-refractivity contribution in [2.75, 3.05) is 10.6 Å². The molecule has 2 N–H and O–H groups in total. The fourth-order valence-corrected chi connectivity index (χ4v) is 2.76. The maximum atomic E-state index is 12.5. The van der Waals surface area contributed by atoms with Gasteiger partial charge in [0.05, 0.1) is 0 Å². The van der Waals surface area contributed by atoms with Crippen LogP contribution in [0, 0.1) is 13.8 Å². The van der Waals surface area contributed by atoms with Crippen LogP contribution in [-0.4, -0.2) is 15.9 Å². The largest absolute Gasteiger partial charge is 0.340 e. The van der Waals surface area contributed by atoms with Gasteiger partial charge in [0.1, 0.15) is 17.3 Å². The van der Waals surface area contributed by atoms with E-state index >= 15 is 0 Å². The lowest BCUT2D eigenvalue weighted by atomic mass is 10.2. The number of para-hydroxylation sites is 1. The van der Waals surface area contributed by atoms with E-state index in [0.717, 1.165) is 15.7 Å². The first-order chi connectivity index (χ1) is 12.0. The molecule has 0 saturated carbocycles. The van der Waals surface area contributed by atoms with Crippen LogP contribution in [0.3, 0.4) is 0 Å². The van der Waals surface area contributed by atoms with Gasteiger partial charge in [0.15, 0.2) is 0 Å². The number of rotatable bonds is 4. The molecule has 0 spiro atoms. The molecule has 0 aliphatic carbocycles. The fraction of sp³-hybridized carbons (Fsp3) is 0.105. The zero-order valence-electron chi connectivity index (χ0n) is 13.9. The minimum atomic E-state index is -0.281. The van der Waals surface area contributed by atoms with E-state index in [1.54, 1.807) is 13.0 Å². The number of anilines is 3. The molecule has 126 valence electrons. The van der Waals surface area contributed by atoms with Gasteiger partial charge in [0, 0.05) is 21.9 Å². The van der Waals surface area contributed by atoms with E-state index in [1.165, 1.54) is 0 Å². The topological polar surface area (TPSA) is 66.9 Å². The third-order valence-electron chi connectivity index (χ3n) is 3.56. The normalized spacial score (nSPS) is 10.4. The third-order valence-corrected chi connectivity index (χ3v) is 4.05. The van der Waals surface area contributed by atoms with Crippen molar-refractivity contribution in [2.24, 2.45) is 0 Å². The van der Waals surface area contributed by atoms with E-state index in [-0.39, 0.29) is 5.91 Å². The number of hydrogen-bond donors (Lipinski definition) is 2. The number of aryl methyl sites for hydroxylation is 2. The molecule has 5 nitrogen and oxygen atoms in total. The van der Waals surface area contributed by atoms with E-state index in [1.807, 2.05) is 55.5 Å². The second-order valence-electron chi connectivity index (χ2n) is 5.59. The molecule has 3 rings (SSSR count). The minimum Gasteiger partial charge on any atom is -0.340 e. The van der Waals surface area contributed by atoms with Gasteiger partial charge in [-0.2, -0.15) is 0 Å². The number of carbonyl (C=O) groups is 1. The van der Waals surface area contributed by atoms with Crippen LogP contribution in [0.5, 0.6) is 0 Å². The smallest absolute Gasteiger partial charge is 0.274 e. The van der Waals surface area contributed by atoms with Crippen molar-refractivity contribution in [1.29, 1.82) is 0 Å². The maximum Gasteiger partial charge on any atom is 0.274 e. The summed E-state index contributed by atoms with van der Waals surface area (Å²) >= 11 is 3.39. The number of carbonyl (C=O) groups excluding carboxylic acids is 1. The number of halogens is 1. The molecule has 6 heteroatoms. The number of nitrogens with one attached hydrogen (secondary N) is 2. The molecule has 0 bridgehead atoms. The Balaban J connectivity index is 1.83. The van der Waals surface area contributed by atoms with Crippen LogP contribution in [0.25, 0.3) is 0 Å². The van der Waals surface area contributed by atoms with Crippen LogP contribution in [0.15, 0.2) is 59.1 Å². The van der Waals surface area contributed by atoms with E-state index in [0.29, 0.717) is 23.0 Å². The summed E-state index contributed by atoms with van der Waals surface area (Å²) in [5.74, 6) is 0.829. The molecule has 1 aromatic heterocycles. The lowest BCUT2D eigenvalue weighted by molar-refractivity contribution is 0.102. The highest BCUT2D eigenvalue weighted by molar-refractivity contribution is 9.10. The Labute approximate surface area is 154 Å². The summed E-state index contributed by atoms with van der Waals surface area (Å²) in [6.45, 7) is 3.77. The highest BCUT2D eigenvalue weighted by Crippen LogP contribution is 2.20. The molecule has 1 amide bonds. The Hall–Kier alpha value is -2.73. The average Bonchev–Trinajstić information content (AvgIpc) is 2.56. The molecule has 3 aromatic rings. The first-order valence-electron chi connectivity index (χ1n) is 7.76. The molecule has 2 aromatic carbocycles. The molecular weight excluding hydrogens is 380 g/mol. The Bertz CT molecular complexity index is 927. The van der Waals surface area contributed by atoms with Crippen LogP contribution >= 0.6 is 15.9 Å². The van der Waals surface area contributed by atoms with Crippen LogP contribution in [-0.2, 0) is 0 Å². The van der Waals surface area contributed by atoms with Gasteiger partial charge in [-0.15, -0.1) is 0 Å². The Morgan fingerprint density at radius 1 is 1.00 bits per heavy atom. The van der Waals surface area contributed by atoms with Gasteiger partial charge in [-0.3, -0.25) is 4.79 Å². The summed E-state index contributed by atoms with van der Waals surface area (Å²) in [6.07, 6.45) is 0. The Morgan fingerprint density at radius 3 is 2.56 bits per heavy atom. The van der Waals surface area contributed by atoms with Crippen LogP contribution < -0.4 is 10.6 Å². The van der Waals surface area contributed by atoms with E-state index < -0.39 is 0 Å². The summed E-state index contributed by atoms with van der Waals surface area (Å²) in [5.41, 5.74) is 3.05. The van der Waals surface area contributed by atoms with Gasteiger partial charge in [-0.1, -0.05) is 40.2 Å². The Kier molecular flexibility index (Phi) is 5.09. The SMILES string of the molecule is Cc1nc(Nc2ccccc2C)cc(C(=O)Nc2cccc(Br)c2)n1. The first kappa shape index (κ1) is 17.1. The second kappa shape index (κ2) is 7.44. The van der Waals surface area contributed by atoms with Crippen molar-refractivity contribution in [2.45, 2.75) is 13.8 Å². The standard InChI is InChI=1S/C19H17BrN4O/c1-12-6-3-4-9-16(12)24-18-11-17(21-13(2)22-18)19(25)23-15-8-5-7-14(20)10-15/h3-11H,1-2H3,(H,23,25)(H,21,22,24). The van der Waals surface area contributed by atoms with Crippen molar-refractivity contribution in [3.63, 3.8) is 0 Å². The molecule has 0 saturated heterocycles. The van der Waals surface area contributed by atoms with E-state index in [2.05, 4.69) is 36.5 Å². The quantitative estimate of drug-likeness (QED) is 0.661. The van der Waals surface area contributed by atoms with Crippen molar-refractivity contribution >= 4 is 39.0 Å². The molecular formula is C19H17BrN4O. The average molecular weight is 397 g/mol. The zero-order valence-corrected chi connectivity index (χ0v) is 15.5. The van der Waals surface area contributed by atoms with Gasteiger partial charge < -0.3 is 10.6 Å². The minimum absolute atomic E-state index is 0.281. The number of hydrogen-bond acceptors (Lipinski definition) is 4. The molecule has 25 heavy (non-hydrogen) atoms. The molecule has 0 fully saturated rings. The van der Waals surface area contributed by atoms with Gasteiger partial charge in [0.2, 0.25) is 0 Å². The predicted octanol–water partition coefficient (Wildman–Crippen LogP) is 4.85. The monoisotopic (exact) mass is 396 g/mol. The molecule has 0 radical (unpaired) electrons. The molecule has 0 aliphatic heterocycles. The van der Waals surface area contributed by atoms with Gasteiger partial charge >= 0.3 is 0 Å². The number of aromatic nitrogens is 2. The maximum absolute atomic E-state index is 12.5.